The van der Waals surface area contributed by atoms with Crippen LogP contribution in [0.15, 0.2) is 12.4 Å². The van der Waals surface area contributed by atoms with Crippen LogP contribution in [0.3, 0.4) is 0 Å². The summed E-state index contributed by atoms with van der Waals surface area (Å²) < 4.78 is 1.44. The van der Waals surface area contributed by atoms with Gasteiger partial charge in [-0.1, -0.05) is 5.21 Å². The van der Waals surface area contributed by atoms with Crippen molar-refractivity contribution >= 4 is 11.8 Å². The van der Waals surface area contributed by atoms with Crippen molar-refractivity contribution in [3.05, 3.63) is 12.4 Å². The summed E-state index contributed by atoms with van der Waals surface area (Å²) in [5.74, 6) is -0.671. The summed E-state index contributed by atoms with van der Waals surface area (Å²) >= 11 is 0. The Bertz CT molecular complexity index is 426. The molecule has 2 amide bonds. The number of amides is 2. The molecule has 104 valence electrons. The minimum atomic E-state index is -0.502. The zero-order chi connectivity index (χ0) is 13.7. The third-order valence-corrected chi connectivity index (χ3v) is 3.13. The second kappa shape index (κ2) is 6.28. The maximum atomic E-state index is 12.2. The maximum absolute atomic E-state index is 12.2. The van der Waals surface area contributed by atoms with E-state index in [0.29, 0.717) is 6.54 Å². The monoisotopic (exact) mass is 266 g/mol. The third-order valence-electron chi connectivity index (χ3n) is 3.13. The van der Waals surface area contributed by atoms with Gasteiger partial charge in [0, 0.05) is 18.8 Å². The van der Waals surface area contributed by atoms with Crippen molar-refractivity contribution in [3.63, 3.8) is 0 Å². The molecule has 1 unspecified atom stereocenters. The summed E-state index contributed by atoms with van der Waals surface area (Å²) in [6, 6.07) is 0.0114. The minimum Gasteiger partial charge on any atom is -0.368 e. The molecule has 8 nitrogen and oxygen atoms in total. The summed E-state index contributed by atoms with van der Waals surface area (Å²) in [5.41, 5.74) is 5.22. The predicted octanol–water partition coefficient (Wildman–Crippen LogP) is -1.66. The second-order valence-corrected chi connectivity index (χ2v) is 4.59. The van der Waals surface area contributed by atoms with Crippen LogP contribution in [0.1, 0.15) is 12.8 Å². The van der Waals surface area contributed by atoms with E-state index >= 15 is 0 Å². The highest BCUT2D eigenvalue weighted by atomic mass is 16.2. The fourth-order valence-corrected chi connectivity index (χ4v) is 2.23. The van der Waals surface area contributed by atoms with Crippen LogP contribution < -0.4 is 11.1 Å². The molecule has 19 heavy (non-hydrogen) atoms. The van der Waals surface area contributed by atoms with E-state index in [-0.39, 0.29) is 25.0 Å². The molecule has 1 fully saturated rings. The molecule has 2 heterocycles. The molecule has 0 bridgehead atoms. The Morgan fingerprint density at radius 3 is 2.95 bits per heavy atom. The maximum Gasteiger partial charge on any atom is 0.245 e. The number of nitrogens with zero attached hydrogens (tertiary/aromatic N) is 4. The Hall–Kier alpha value is -1.96. The zero-order valence-electron chi connectivity index (χ0n) is 10.7. The number of rotatable bonds is 5. The lowest BCUT2D eigenvalue weighted by molar-refractivity contribution is -0.138. The molecule has 1 aromatic rings. The topological polar surface area (TPSA) is 106 Å². The molecule has 8 heteroatoms. The molecule has 1 aliphatic heterocycles. The van der Waals surface area contributed by atoms with Crippen LogP contribution in [0.4, 0.5) is 0 Å². The zero-order valence-corrected chi connectivity index (χ0v) is 10.7. The Kier molecular flexibility index (Phi) is 4.45. The van der Waals surface area contributed by atoms with E-state index in [9.17, 15) is 9.59 Å². The molecule has 0 saturated carbocycles. The Balaban J connectivity index is 2.02. The average molecular weight is 266 g/mol. The number of nitrogens with two attached hydrogens (primary N) is 1. The van der Waals surface area contributed by atoms with Gasteiger partial charge in [-0.3, -0.25) is 9.59 Å². The summed E-state index contributed by atoms with van der Waals surface area (Å²) in [6.07, 6.45) is 4.98. The fraction of sp³-hybridized carbons (Fsp3) is 0.636. The van der Waals surface area contributed by atoms with E-state index in [1.807, 2.05) is 0 Å². The van der Waals surface area contributed by atoms with Gasteiger partial charge in [-0.05, 0) is 19.4 Å². The number of nitrogens with one attached hydrogen (secondary N) is 1. The van der Waals surface area contributed by atoms with Gasteiger partial charge in [-0.2, -0.15) is 0 Å². The molecular weight excluding hydrogens is 248 g/mol. The van der Waals surface area contributed by atoms with Crippen molar-refractivity contribution in [2.75, 3.05) is 19.6 Å². The second-order valence-electron chi connectivity index (χ2n) is 4.59. The van der Waals surface area contributed by atoms with Crippen LogP contribution in [-0.4, -0.2) is 57.4 Å². The van der Waals surface area contributed by atoms with Crippen molar-refractivity contribution in [3.8, 4) is 0 Å². The number of hydrogen-bond acceptors (Lipinski definition) is 5. The van der Waals surface area contributed by atoms with E-state index in [4.69, 9.17) is 5.73 Å². The van der Waals surface area contributed by atoms with Gasteiger partial charge in [0.05, 0.1) is 12.7 Å². The van der Waals surface area contributed by atoms with E-state index in [2.05, 4.69) is 15.6 Å². The molecule has 0 spiro atoms. The first-order valence-corrected chi connectivity index (χ1v) is 6.29. The van der Waals surface area contributed by atoms with Crippen LogP contribution in [0.25, 0.3) is 0 Å². The molecule has 0 aliphatic carbocycles. The van der Waals surface area contributed by atoms with Gasteiger partial charge in [0.1, 0.15) is 6.54 Å². The van der Waals surface area contributed by atoms with E-state index in [0.717, 1.165) is 19.4 Å². The highest BCUT2D eigenvalue weighted by Gasteiger charge is 2.26. The average Bonchev–Trinajstić information content (AvgIpc) is 2.89. The van der Waals surface area contributed by atoms with Gasteiger partial charge in [-0.15, -0.1) is 5.10 Å². The van der Waals surface area contributed by atoms with Gasteiger partial charge in [0.25, 0.3) is 0 Å². The van der Waals surface area contributed by atoms with Crippen molar-refractivity contribution < 1.29 is 9.59 Å². The lowest BCUT2D eigenvalue weighted by Gasteiger charge is -2.33. The van der Waals surface area contributed by atoms with Gasteiger partial charge < -0.3 is 16.0 Å². The van der Waals surface area contributed by atoms with Crippen LogP contribution >= 0.6 is 0 Å². The van der Waals surface area contributed by atoms with Crippen LogP contribution in [0.2, 0.25) is 0 Å². The van der Waals surface area contributed by atoms with Gasteiger partial charge in [-0.25, -0.2) is 4.68 Å². The Morgan fingerprint density at radius 1 is 1.53 bits per heavy atom. The molecule has 1 aliphatic rings. The number of primary amides is 1. The molecule has 1 atom stereocenters. The van der Waals surface area contributed by atoms with E-state index in [1.54, 1.807) is 6.20 Å². The molecule has 2 rings (SSSR count). The SMILES string of the molecule is NC(=O)CN(C(=O)Cn1ccnn1)C1CCCNC1. The quantitative estimate of drug-likeness (QED) is 0.663. The van der Waals surface area contributed by atoms with Crippen molar-refractivity contribution in [1.29, 1.82) is 0 Å². The highest BCUT2D eigenvalue weighted by Crippen LogP contribution is 2.11. The minimum absolute atomic E-state index is 0.0114. The number of hydrogen-bond donors (Lipinski definition) is 2. The van der Waals surface area contributed by atoms with Gasteiger partial charge in [0.2, 0.25) is 11.8 Å². The molecule has 1 aromatic heterocycles. The van der Waals surface area contributed by atoms with Crippen LogP contribution in [0, 0.1) is 0 Å². The molecular formula is C11H18N6O2. The summed E-state index contributed by atoms with van der Waals surface area (Å²) in [4.78, 5) is 24.9. The Morgan fingerprint density at radius 2 is 2.37 bits per heavy atom. The largest absolute Gasteiger partial charge is 0.368 e. The smallest absolute Gasteiger partial charge is 0.245 e. The first kappa shape index (κ1) is 13.5. The standard InChI is InChI=1S/C11H18N6O2/c12-10(18)7-17(9-2-1-3-13-6-9)11(19)8-16-5-4-14-15-16/h4-5,9,13H,1-3,6-8H2,(H2,12,18). The normalized spacial score (nSPS) is 19.1. The molecule has 3 N–H and O–H groups in total. The van der Waals surface area contributed by atoms with Crippen LogP contribution in [-0.2, 0) is 16.1 Å². The molecule has 0 aromatic carbocycles. The number of piperidine rings is 1. The summed E-state index contributed by atoms with van der Waals surface area (Å²) in [5, 5.41) is 10.6. The van der Waals surface area contributed by atoms with E-state index < -0.39 is 5.91 Å². The van der Waals surface area contributed by atoms with Crippen molar-refractivity contribution in [2.45, 2.75) is 25.4 Å². The van der Waals surface area contributed by atoms with Crippen molar-refractivity contribution in [2.24, 2.45) is 5.73 Å². The summed E-state index contributed by atoms with van der Waals surface area (Å²) in [6.45, 7) is 1.65. The van der Waals surface area contributed by atoms with Crippen molar-refractivity contribution in [1.82, 2.24) is 25.2 Å². The number of carbonyl (C=O) groups excluding carboxylic acids is 2. The van der Waals surface area contributed by atoms with Crippen LogP contribution in [0.5, 0.6) is 0 Å². The fourth-order valence-electron chi connectivity index (χ4n) is 2.23. The first-order chi connectivity index (χ1) is 9.16. The third kappa shape index (κ3) is 3.75. The van der Waals surface area contributed by atoms with Gasteiger partial charge in [0.15, 0.2) is 0 Å². The Labute approximate surface area is 110 Å². The summed E-state index contributed by atoms with van der Waals surface area (Å²) in [7, 11) is 0. The first-order valence-electron chi connectivity index (χ1n) is 6.29. The number of carbonyl (C=O) groups is 2. The lowest BCUT2D eigenvalue weighted by atomic mass is 10.1. The molecule has 1 saturated heterocycles. The van der Waals surface area contributed by atoms with E-state index in [1.165, 1.54) is 15.8 Å². The lowest BCUT2D eigenvalue weighted by Crippen LogP contribution is -2.52. The van der Waals surface area contributed by atoms with Gasteiger partial charge >= 0.3 is 0 Å². The predicted molar refractivity (Wildman–Crippen MR) is 66.8 cm³/mol. The highest BCUT2D eigenvalue weighted by molar-refractivity contribution is 5.84. The number of aromatic nitrogens is 3. The molecule has 0 radical (unpaired) electrons.